The van der Waals surface area contributed by atoms with Gasteiger partial charge in [0, 0.05) is 12.6 Å². The molecule has 0 fully saturated rings. The summed E-state index contributed by atoms with van der Waals surface area (Å²) in [6, 6.07) is 6.01. The molecule has 0 aliphatic rings. The molecule has 2 atom stereocenters. The van der Waals surface area contributed by atoms with Crippen LogP contribution in [0.25, 0.3) is 0 Å². The molecule has 0 aliphatic carbocycles. The van der Waals surface area contributed by atoms with Crippen molar-refractivity contribution in [2.75, 3.05) is 7.05 Å². The minimum absolute atomic E-state index is 0.134. The third kappa shape index (κ3) is 4.26. The topological polar surface area (TPSA) is 87.7 Å². The zero-order valence-corrected chi connectivity index (χ0v) is 10.9. The van der Waals surface area contributed by atoms with Crippen molar-refractivity contribution in [3.8, 4) is 5.75 Å². The van der Waals surface area contributed by atoms with E-state index >= 15 is 0 Å². The smallest absolute Gasteiger partial charge is 0.245 e. The van der Waals surface area contributed by atoms with Crippen LogP contribution in [0, 0.1) is 0 Å². The Hall–Kier alpha value is -2.08. The first-order valence-corrected chi connectivity index (χ1v) is 5.90. The van der Waals surface area contributed by atoms with Crippen molar-refractivity contribution >= 4 is 12.3 Å². The molecular weight excluding hydrogens is 248 g/mol. The number of amides is 2. The molecule has 0 saturated carbocycles. The molecule has 3 N–H and O–H groups in total. The van der Waals surface area contributed by atoms with Crippen LogP contribution in [0.1, 0.15) is 12.5 Å². The molecule has 2 amide bonds. The molecule has 1 aromatic rings. The van der Waals surface area contributed by atoms with Gasteiger partial charge in [-0.2, -0.15) is 0 Å². The fourth-order valence-electron chi connectivity index (χ4n) is 1.60. The minimum atomic E-state index is -0.770. The summed E-state index contributed by atoms with van der Waals surface area (Å²) >= 11 is 0. The summed E-state index contributed by atoms with van der Waals surface area (Å²) in [5.74, 6) is -0.202. The molecule has 0 aromatic heterocycles. The molecule has 104 valence electrons. The molecule has 0 spiro atoms. The lowest BCUT2D eigenvalue weighted by molar-refractivity contribution is -0.129. The van der Waals surface area contributed by atoms with Gasteiger partial charge >= 0.3 is 0 Å². The normalized spacial score (nSPS) is 13.4. The Morgan fingerprint density at radius 2 is 2.16 bits per heavy atom. The highest BCUT2D eigenvalue weighted by Crippen LogP contribution is 2.17. The standard InChI is InChI=1S/C13H18N2O4/c1-9(12(15-8-16)13(18)14-2)19-7-10-5-3-4-6-11(10)17/h3-6,8-9,12,17H,7H2,1-2H3,(H,14,18)(H,15,16). The van der Waals surface area contributed by atoms with Crippen LogP contribution in [0.5, 0.6) is 5.75 Å². The van der Waals surface area contributed by atoms with Gasteiger partial charge in [-0.05, 0) is 13.0 Å². The summed E-state index contributed by atoms with van der Waals surface area (Å²) < 4.78 is 5.50. The summed E-state index contributed by atoms with van der Waals surface area (Å²) in [6.45, 7) is 1.83. The Morgan fingerprint density at radius 3 is 2.74 bits per heavy atom. The van der Waals surface area contributed by atoms with E-state index in [0.717, 1.165) is 0 Å². The third-order valence-corrected chi connectivity index (χ3v) is 2.74. The van der Waals surface area contributed by atoms with Crippen molar-refractivity contribution in [2.24, 2.45) is 0 Å². The Kier molecular flexibility index (Phi) is 5.81. The first-order valence-electron chi connectivity index (χ1n) is 5.90. The SMILES string of the molecule is CNC(=O)C(NC=O)C(C)OCc1ccccc1O. The second kappa shape index (κ2) is 7.38. The van der Waals surface area contributed by atoms with E-state index in [1.54, 1.807) is 31.2 Å². The lowest BCUT2D eigenvalue weighted by Crippen LogP contribution is -2.49. The lowest BCUT2D eigenvalue weighted by atomic mass is 10.1. The highest BCUT2D eigenvalue weighted by molar-refractivity contribution is 5.83. The predicted molar refractivity (Wildman–Crippen MR) is 69.4 cm³/mol. The first kappa shape index (κ1) is 15.0. The van der Waals surface area contributed by atoms with Gasteiger partial charge in [-0.3, -0.25) is 9.59 Å². The van der Waals surface area contributed by atoms with Gasteiger partial charge in [0.25, 0.3) is 0 Å². The molecule has 1 rings (SSSR count). The van der Waals surface area contributed by atoms with Gasteiger partial charge in [-0.15, -0.1) is 0 Å². The Labute approximate surface area is 111 Å². The quantitative estimate of drug-likeness (QED) is 0.613. The average molecular weight is 266 g/mol. The second-order valence-corrected chi connectivity index (χ2v) is 4.02. The predicted octanol–water partition coefficient (Wildman–Crippen LogP) is 0.158. The number of likely N-dealkylation sites (N-methyl/N-ethyl adjacent to an activating group) is 1. The lowest BCUT2D eigenvalue weighted by Gasteiger charge is -2.22. The maximum Gasteiger partial charge on any atom is 0.245 e. The number of carbonyl (C=O) groups is 2. The van der Waals surface area contributed by atoms with Crippen molar-refractivity contribution in [3.05, 3.63) is 29.8 Å². The van der Waals surface area contributed by atoms with E-state index in [-0.39, 0.29) is 18.3 Å². The van der Waals surface area contributed by atoms with Crippen molar-refractivity contribution in [3.63, 3.8) is 0 Å². The number of ether oxygens (including phenoxy) is 1. The van der Waals surface area contributed by atoms with Gasteiger partial charge in [0.1, 0.15) is 11.8 Å². The number of hydrogen-bond acceptors (Lipinski definition) is 4. The number of phenolic OH excluding ortho intramolecular Hbond substituents is 1. The fraction of sp³-hybridized carbons (Fsp3) is 0.385. The number of hydrogen-bond donors (Lipinski definition) is 3. The number of rotatable bonds is 7. The first-order chi connectivity index (χ1) is 9.10. The van der Waals surface area contributed by atoms with Crippen molar-refractivity contribution in [1.82, 2.24) is 10.6 Å². The van der Waals surface area contributed by atoms with Crippen molar-refractivity contribution in [2.45, 2.75) is 25.7 Å². The molecular formula is C13H18N2O4. The molecule has 2 unspecified atom stereocenters. The molecule has 0 heterocycles. The number of nitrogens with one attached hydrogen (secondary N) is 2. The molecule has 6 heteroatoms. The maximum absolute atomic E-state index is 11.6. The summed E-state index contributed by atoms with van der Waals surface area (Å²) in [5.41, 5.74) is 0.621. The van der Waals surface area contributed by atoms with E-state index in [1.807, 2.05) is 0 Å². The summed E-state index contributed by atoms with van der Waals surface area (Å²) in [7, 11) is 1.48. The number of para-hydroxylation sites is 1. The Balaban J connectivity index is 2.62. The van der Waals surface area contributed by atoms with E-state index in [2.05, 4.69) is 10.6 Å². The summed E-state index contributed by atoms with van der Waals surface area (Å²) in [5, 5.41) is 14.4. The molecule has 0 saturated heterocycles. The maximum atomic E-state index is 11.6. The molecule has 0 aliphatic heterocycles. The molecule has 0 bridgehead atoms. The van der Waals surface area contributed by atoms with E-state index in [4.69, 9.17) is 4.74 Å². The van der Waals surface area contributed by atoms with Gasteiger partial charge in [-0.1, -0.05) is 18.2 Å². The Bertz CT molecular complexity index is 436. The van der Waals surface area contributed by atoms with Crippen LogP contribution in [0.15, 0.2) is 24.3 Å². The average Bonchev–Trinajstić information content (AvgIpc) is 2.42. The number of benzene rings is 1. The zero-order chi connectivity index (χ0) is 14.3. The summed E-state index contributed by atoms with van der Waals surface area (Å²) in [4.78, 5) is 22.0. The van der Waals surface area contributed by atoms with Crippen LogP contribution in [-0.4, -0.2) is 36.6 Å². The van der Waals surface area contributed by atoms with Crippen LogP contribution in [0.4, 0.5) is 0 Å². The van der Waals surface area contributed by atoms with Gasteiger partial charge in [0.15, 0.2) is 0 Å². The third-order valence-electron chi connectivity index (χ3n) is 2.74. The monoisotopic (exact) mass is 266 g/mol. The number of carbonyl (C=O) groups excluding carboxylic acids is 2. The molecule has 1 aromatic carbocycles. The van der Waals surface area contributed by atoms with Crippen LogP contribution in [0.3, 0.4) is 0 Å². The fourth-order valence-corrected chi connectivity index (χ4v) is 1.60. The number of phenols is 1. The van der Waals surface area contributed by atoms with Crippen LogP contribution in [-0.2, 0) is 20.9 Å². The van der Waals surface area contributed by atoms with E-state index in [9.17, 15) is 14.7 Å². The molecule has 0 radical (unpaired) electrons. The van der Waals surface area contributed by atoms with Crippen LogP contribution in [0.2, 0.25) is 0 Å². The number of aromatic hydroxyl groups is 1. The highest BCUT2D eigenvalue weighted by atomic mass is 16.5. The Morgan fingerprint density at radius 1 is 1.47 bits per heavy atom. The van der Waals surface area contributed by atoms with E-state index in [1.165, 1.54) is 7.05 Å². The van der Waals surface area contributed by atoms with Gasteiger partial charge in [-0.25, -0.2) is 0 Å². The van der Waals surface area contributed by atoms with Crippen molar-refractivity contribution in [1.29, 1.82) is 0 Å². The van der Waals surface area contributed by atoms with Gasteiger partial charge in [0.05, 0.1) is 12.7 Å². The minimum Gasteiger partial charge on any atom is -0.508 e. The molecule has 19 heavy (non-hydrogen) atoms. The van der Waals surface area contributed by atoms with E-state index < -0.39 is 12.1 Å². The van der Waals surface area contributed by atoms with Gasteiger partial charge in [0.2, 0.25) is 12.3 Å². The van der Waals surface area contributed by atoms with Crippen LogP contribution >= 0.6 is 0 Å². The largest absolute Gasteiger partial charge is 0.508 e. The highest BCUT2D eigenvalue weighted by Gasteiger charge is 2.24. The second-order valence-electron chi connectivity index (χ2n) is 4.02. The van der Waals surface area contributed by atoms with Crippen LogP contribution < -0.4 is 10.6 Å². The van der Waals surface area contributed by atoms with Crippen molar-refractivity contribution < 1.29 is 19.4 Å². The van der Waals surface area contributed by atoms with E-state index in [0.29, 0.717) is 12.0 Å². The molecule has 6 nitrogen and oxygen atoms in total. The van der Waals surface area contributed by atoms with Gasteiger partial charge < -0.3 is 20.5 Å². The summed E-state index contributed by atoms with van der Waals surface area (Å²) in [6.07, 6.45) is -0.0653. The zero-order valence-electron chi connectivity index (χ0n) is 10.9.